The molecule has 1 saturated heterocycles. The fraction of sp³-hybridized carbons (Fsp3) is 0.357. The zero-order valence-corrected chi connectivity index (χ0v) is 10.5. The van der Waals surface area contributed by atoms with Crippen LogP contribution in [0.15, 0.2) is 42.6 Å². The Balaban J connectivity index is 2.02. The molecule has 1 unspecified atom stereocenters. The van der Waals surface area contributed by atoms with E-state index >= 15 is 0 Å². The molecule has 0 radical (unpaired) electrons. The molecule has 94 valence electrons. The predicted molar refractivity (Wildman–Crippen MR) is 69.6 cm³/mol. The molecule has 1 aliphatic rings. The Morgan fingerprint density at radius 1 is 1.22 bits per heavy atom. The maximum atomic E-state index is 10.8. The van der Waals surface area contributed by atoms with Gasteiger partial charge in [-0.2, -0.15) is 5.10 Å². The fourth-order valence-corrected chi connectivity index (χ4v) is 2.62. The number of β-amino-alcohol motifs (C(OH)–C–C–N with tert-alkyl or cyclic N) is 1. The Bertz CT molecular complexity index is 537. The van der Waals surface area contributed by atoms with E-state index in [9.17, 15) is 5.11 Å². The van der Waals surface area contributed by atoms with E-state index in [2.05, 4.69) is 10.00 Å². The van der Waals surface area contributed by atoms with Crippen LogP contribution in [0.2, 0.25) is 0 Å². The molecule has 2 heterocycles. The van der Waals surface area contributed by atoms with Gasteiger partial charge in [0.25, 0.3) is 0 Å². The molecular weight excluding hydrogens is 226 g/mol. The number of likely N-dealkylation sites (N-methyl/N-ethyl adjacent to an activating group) is 1. The topological polar surface area (TPSA) is 41.3 Å². The summed E-state index contributed by atoms with van der Waals surface area (Å²) in [5, 5.41) is 15.1. The molecule has 4 nitrogen and oxygen atoms in total. The first-order valence-electron chi connectivity index (χ1n) is 6.20. The molecule has 1 aromatic heterocycles. The number of aromatic nitrogens is 2. The summed E-state index contributed by atoms with van der Waals surface area (Å²) < 4.78 is 1.83. The smallest absolute Gasteiger partial charge is 0.120 e. The van der Waals surface area contributed by atoms with Crippen molar-refractivity contribution < 1.29 is 5.11 Å². The molecule has 1 aromatic carbocycles. The minimum atomic E-state index is -0.791. The van der Waals surface area contributed by atoms with Crippen LogP contribution in [0.25, 0.3) is 5.69 Å². The van der Waals surface area contributed by atoms with Gasteiger partial charge in [-0.15, -0.1) is 0 Å². The number of para-hydroxylation sites is 1. The van der Waals surface area contributed by atoms with Crippen LogP contribution in [0.3, 0.4) is 0 Å². The van der Waals surface area contributed by atoms with Crippen molar-refractivity contribution in [1.82, 2.24) is 14.7 Å². The van der Waals surface area contributed by atoms with Crippen molar-refractivity contribution in [2.24, 2.45) is 0 Å². The Labute approximate surface area is 106 Å². The molecule has 1 aliphatic heterocycles. The highest BCUT2D eigenvalue weighted by Crippen LogP contribution is 2.32. The molecule has 0 aliphatic carbocycles. The Hall–Kier alpha value is -1.65. The molecule has 18 heavy (non-hydrogen) atoms. The molecule has 4 heteroatoms. The lowest BCUT2D eigenvalue weighted by Crippen LogP contribution is -2.31. The molecule has 0 bridgehead atoms. The van der Waals surface area contributed by atoms with Crippen molar-refractivity contribution in [1.29, 1.82) is 0 Å². The largest absolute Gasteiger partial charge is 0.382 e. The first-order chi connectivity index (χ1) is 8.69. The lowest BCUT2D eigenvalue weighted by molar-refractivity contribution is 0.0420. The number of hydrogen-bond donors (Lipinski definition) is 1. The molecule has 0 spiro atoms. The van der Waals surface area contributed by atoms with Crippen LogP contribution in [0.1, 0.15) is 12.1 Å². The van der Waals surface area contributed by atoms with E-state index in [1.807, 2.05) is 48.1 Å². The molecule has 2 aromatic rings. The van der Waals surface area contributed by atoms with Gasteiger partial charge in [0.1, 0.15) is 5.60 Å². The summed E-state index contributed by atoms with van der Waals surface area (Å²) in [4.78, 5) is 2.14. The maximum Gasteiger partial charge on any atom is 0.120 e. The van der Waals surface area contributed by atoms with Crippen LogP contribution in [-0.2, 0) is 5.60 Å². The van der Waals surface area contributed by atoms with Gasteiger partial charge < -0.3 is 10.0 Å². The molecule has 0 saturated carbocycles. The third-order valence-corrected chi connectivity index (χ3v) is 3.56. The van der Waals surface area contributed by atoms with Gasteiger partial charge in [0.05, 0.1) is 11.4 Å². The molecule has 1 atom stereocenters. The Morgan fingerprint density at radius 2 is 2.00 bits per heavy atom. The molecule has 3 rings (SSSR count). The van der Waals surface area contributed by atoms with Gasteiger partial charge in [-0.25, -0.2) is 4.68 Å². The normalized spacial score (nSPS) is 24.6. The van der Waals surface area contributed by atoms with E-state index in [1.165, 1.54) is 0 Å². The molecule has 1 fully saturated rings. The molecular formula is C14H17N3O. The van der Waals surface area contributed by atoms with Crippen LogP contribution >= 0.6 is 0 Å². The van der Waals surface area contributed by atoms with E-state index in [0.29, 0.717) is 6.54 Å². The van der Waals surface area contributed by atoms with Gasteiger partial charge in [-0.3, -0.25) is 0 Å². The van der Waals surface area contributed by atoms with Crippen LogP contribution in [-0.4, -0.2) is 39.9 Å². The summed E-state index contributed by atoms with van der Waals surface area (Å²) in [6, 6.07) is 11.8. The van der Waals surface area contributed by atoms with Gasteiger partial charge in [0.2, 0.25) is 0 Å². The van der Waals surface area contributed by atoms with Crippen LogP contribution in [0.4, 0.5) is 0 Å². The van der Waals surface area contributed by atoms with E-state index in [0.717, 1.165) is 24.3 Å². The lowest BCUT2D eigenvalue weighted by atomic mass is 9.99. The van der Waals surface area contributed by atoms with Gasteiger partial charge in [-0.05, 0) is 31.7 Å². The van der Waals surface area contributed by atoms with Crippen LogP contribution < -0.4 is 0 Å². The lowest BCUT2D eigenvalue weighted by Gasteiger charge is -2.23. The number of rotatable bonds is 2. The number of hydrogen-bond acceptors (Lipinski definition) is 3. The second-order valence-corrected chi connectivity index (χ2v) is 4.98. The highest BCUT2D eigenvalue weighted by atomic mass is 16.3. The van der Waals surface area contributed by atoms with E-state index in [4.69, 9.17) is 0 Å². The highest BCUT2D eigenvalue weighted by Gasteiger charge is 2.38. The van der Waals surface area contributed by atoms with Gasteiger partial charge >= 0.3 is 0 Å². The summed E-state index contributed by atoms with van der Waals surface area (Å²) in [6.07, 6.45) is 2.50. The van der Waals surface area contributed by atoms with E-state index in [1.54, 1.807) is 6.20 Å². The minimum absolute atomic E-state index is 0.658. The van der Waals surface area contributed by atoms with Crippen molar-refractivity contribution in [3.63, 3.8) is 0 Å². The number of aliphatic hydroxyl groups is 1. The average molecular weight is 243 g/mol. The fourth-order valence-electron chi connectivity index (χ4n) is 2.62. The second kappa shape index (κ2) is 4.23. The van der Waals surface area contributed by atoms with Gasteiger partial charge in [0, 0.05) is 19.3 Å². The zero-order valence-electron chi connectivity index (χ0n) is 10.5. The first kappa shape index (κ1) is 11.4. The summed E-state index contributed by atoms with van der Waals surface area (Å²) in [5.74, 6) is 0. The molecule has 1 N–H and O–H groups in total. The SMILES string of the molecule is CN1CCC(O)(c2ccnn2-c2ccccc2)C1. The monoisotopic (exact) mass is 243 g/mol. The third-order valence-electron chi connectivity index (χ3n) is 3.56. The number of benzene rings is 1. The number of likely N-dealkylation sites (tertiary alicyclic amines) is 1. The maximum absolute atomic E-state index is 10.8. The van der Waals surface area contributed by atoms with Crippen molar-refractivity contribution >= 4 is 0 Å². The van der Waals surface area contributed by atoms with Crippen LogP contribution in [0.5, 0.6) is 0 Å². The van der Waals surface area contributed by atoms with E-state index in [-0.39, 0.29) is 0 Å². The van der Waals surface area contributed by atoms with Crippen LogP contribution in [0, 0.1) is 0 Å². The zero-order chi connectivity index (χ0) is 12.6. The Kier molecular flexibility index (Phi) is 2.69. The van der Waals surface area contributed by atoms with Crippen molar-refractivity contribution in [3.8, 4) is 5.69 Å². The summed E-state index contributed by atoms with van der Waals surface area (Å²) >= 11 is 0. The van der Waals surface area contributed by atoms with Gasteiger partial charge in [0.15, 0.2) is 0 Å². The summed E-state index contributed by atoms with van der Waals surface area (Å²) in [6.45, 7) is 1.57. The molecule has 0 amide bonds. The van der Waals surface area contributed by atoms with Gasteiger partial charge in [-0.1, -0.05) is 18.2 Å². The quantitative estimate of drug-likeness (QED) is 0.866. The first-order valence-corrected chi connectivity index (χ1v) is 6.20. The van der Waals surface area contributed by atoms with Crippen molar-refractivity contribution in [2.45, 2.75) is 12.0 Å². The third kappa shape index (κ3) is 1.83. The van der Waals surface area contributed by atoms with Crippen molar-refractivity contribution in [3.05, 3.63) is 48.3 Å². The van der Waals surface area contributed by atoms with E-state index < -0.39 is 5.60 Å². The second-order valence-electron chi connectivity index (χ2n) is 4.98. The number of nitrogens with zero attached hydrogens (tertiary/aromatic N) is 3. The minimum Gasteiger partial charge on any atom is -0.382 e. The summed E-state index contributed by atoms with van der Waals surface area (Å²) in [7, 11) is 2.03. The average Bonchev–Trinajstić information content (AvgIpc) is 2.98. The van der Waals surface area contributed by atoms with Crippen molar-refractivity contribution in [2.75, 3.05) is 20.1 Å². The highest BCUT2D eigenvalue weighted by molar-refractivity contribution is 5.34. The summed E-state index contributed by atoms with van der Waals surface area (Å²) in [5.41, 5.74) is 1.07. The Morgan fingerprint density at radius 3 is 2.67 bits per heavy atom. The standard InChI is InChI=1S/C14H17N3O/c1-16-10-8-14(18,11-16)13-7-9-15-17(13)12-5-3-2-4-6-12/h2-7,9,18H,8,10-11H2,1H3. The predicted octanol–water partition coefficient (Wildman–Crippen LogP) is 1.40.